The number of anilines is 1. The van der Waals surface area contributed by atoms with E-state index in [0.29, 0.717) is 17.9 Å². The molecular weight excluding hydrogens is 282 g/mol. The lowest BCUT2D eigenvalue weighted by Gasteiger charge is -2.12. The predicted molar refractivity (Wildman–Crippen MR) is 85.8 cm³/mol. The van der Waals surface area contributed by atoms with Crippen LogP contribution in [0.3, 0.4) is 0 Å². The Balaban J connectivity index is 1.66. The largest absolute Gasteiger partial charge is 0.461 e. The summed E-state index contributed by atoms with van der Waals surface area (Å²) in [5, 5.41) is 0. The van der Waals surface area contributed by atoms with Crippen LogP contribution >= 0.6 is 11.8 Å². The van der Waals surface area contributed by atoms with Crippen molar-refractivity contribution in [1.29, 1.82) is 0 Å². The third kappa shape index (κ3) is 2.90. The number of nitrogens with two attached hydrogens (primary N) is 1. The van der Waals surface area contributed by atoms with E-state index in [1.807, 2.05) is 30.8 Å². The molecule has 1 unspecified atom stereocenters. The summed E-state index contributed by atoms with van der Waals surface area (Å²) in [5.41, 5.74) is 9.18. The van der Waals surface area contributed by atoms with Crippen molar-refractivity contribution in [2.45, 2.75) is 17.7 Å². The second-order valence-electron chi connectivity index (χ2n) is 5.22. The highest BCUT2D eigenvalue weighted by Crippen LogP contribution is 2.39. The number of fused-ring (bicyclic) bond motifs is 1. The molecule has 2 aromatic carbocycles. The Bertz CT molecular complexity index is 684. The first-order valence-corrected chi connectivity index (χ1v) is 7.88. The van der Waals surface area contributed by atoms with Gasteiger partial charge in [-0.05, 0) is 42.3 Å². The van der Waals surface area contributed by atoms with E-state index in [1.54, 1.807) is 18.2 Å². The monoisotopic (exact) mass is 299 g/mol. The molecular formula is C17H17NO2S. The number of nitrogen functional groups attached to an aromatic ring is 1. The molecule has 0 radical (unpaired) electrons. The van der Waals surface area contributed by atoms with Crippen LogP contribution in [0.4, 0.5) is 5.69 Å². The van der Waals surface area contributed by atoms with E-state index in [-0.39, 0.29) is 11.9 Å². The fourth-order valence-corrected chi connectivity index (χ4v) is 3.66. The summed E-state index contributed by atoms with van der Waals surface area (Å²) in [6.45, 7) is 2.31. The maximum Gasteiger partial charge on any atom is 0.338 e. The summed E-state index contributed by atoms with van der Waals surface area (Å²) in [5.74, 6) is 0.963. The molecule has 0 amide bonds. The maximum absolute atomic E-state index is 12.1. The molecule has 21 heavy (non-hydrogen) atoms. The van der Waals surface area contributed by atoms with Gasteiger partial charge in [0.2, 0.25) is 0 Å². The topological polar surface area (TPSA) is 52.3 Å². The highest BCUT2D eigenvalue weighted by atomic mass is 32.2. The first-order valence-electron chi connectivity index (χ1n) is 6.90. The molecule has 0 aromatic heterocycles. The number of carbonyl (C=O) groups excluding carboxylic acids is 1. The number of esters is 1. The lowest BCUT2D eigenvalue weighted by Crippen LogP contribution is -2.13. The highest BCUT2D eigenvalue weighted by Gasteiger charge is 2.24. The van der Waals surface area contributed by atoms with Gasteiger partial charge in [0.1, 0.15) is 0 Å². The lowest BCUT2D eigenvalue weighted by atomic mass is 10.0. The highest BCUT2D eigenvalue weighted by molar-refractivity contribution is 7.99. The molecule has 0 spiro atoms. The molecule has 2 aromatic rings. The van der Waals surface area contributed by atoms with E-state index >= 15 is 0 Å². The van der Waals surface area contributed by atoms with Gasteiger partial charge < -0.3 is 10.5 Å². The first kappa shape index (κ1) is 14.0. The molecule has 3 nitrogen and oxygen atoms in total. The Morgan fingerprint density at radius 3 is 2.95 bits per heavy atom. The van der Waals surface area contributed by atoms with Crippen molar-refractivity contribution in [1.82, 2.24) is 0 Å². The second-order valence-corrected chi connectivity index (χ2v) is 6.28. The molecule has 4 heteroatoms. The van der Waals surface area contributed by atoms with Gasteiger partial charge in [-0.15, -0.1) is 11.8 Å². The van der Waals surface area contributed by atoms with Crippen LogP contribution in [0.25, 0.3) is 0 Å². The van der Waals surface area contributed by atoms with E-state index < -0.39 is 0 Å². The van der Waals surface area contributed by atoms with Crippen molar-refractivity contribution in [3.05, 3.63) is 59.2 Å². The minimum absolute atomic E-state index is 0.282. The zero-order chi connectivity index (χ0) is 14.8. The van der Waals surface area contributed by atoms with Gasteiger partial charge in [-0.2, -0.15) is 0 Å². The van der Waals surface area contributed by atoms with Gasteiger partial charge in [0.15, 0.2) is 0 Å². The zero-order valence-corrected chi connectivity index (χ0v) is 12.7. The number of ether oxygens (including phenoxy) is 1. The van der Waals surface area contributed by atoms with Gasteiger partial charge >= 0.3 is 5.97 Å². The van der Waals surface area contributed by atoms with Crippen LogP contribution in [0.2, 0.25) is 0 Å². The van der Waals surface area contributed by atoms with Crippen molar-refractivity contribution in [2.24, 2.45) is 0 Å². The normalized spacial score (nSPS) is 16.5. The molecule has 1 heterocycles. The number of hydrogen-bond acceptors (Lipinski definition) is 4. The number of thioether (sulfide) groups is 1. The Kier molecular flexibility index (Phi) is 3.88. The number of hydrogen-bond donors (Lipinski definition) is 1. The summed E-state index contributed by atoms with van der Waals surface area (Å²) in [6, 6.07) is 13.5. The molecule has 1 atom stereocenters. The predicted octanol–water partition coefficient (Wildman–Crippen LogP) is 3.62. The molecule has 1 aliphatic heterocycles. The summed E-state index contributed by atoms with van der Waals surface area (Å²) in [6.07, 6.45) is 0. The lowest BCUT2D eigenvalue weighted by molar-refractivity contribution is 0.0487. The maximum atomic E-state index is 12.1. The van der Waals surface area contributed by atoms with Crippen LogP contribution in [-0.4, -0.2) is 18.3 Å². The Labute approximate surface area is 128 Å². The SMILES string of the molecule is Cc1cc(C(=O)OCC2CSc3ccccc32)ccc1N. The minimum Gasteiger partial charge on any atom is -0.461 e. The molecule has 0 saturated carbocycles. The van der Waals surface area contributed by atoms with Crippen LogP contribution in [0.1, 0.15) is 27.4 Å². The quantitative estimate of drug-likeness (QED) is 0.694. The fourth-order valence-electron chi connectivity index (χ4n) is 2.43. The van der Waals surface area contributed by atoms with Crippen LogP contribution < -0.4 is 5.73 Å². The van der Waals surface area contributed by atoms with E-state index in [9.17, 15) is 4.79 Å². The van der Waals surface area contributed by atoms with Gasteiger partial charge in [-0.1, -0.05) is 18.2 Å². The summed E-state index contributed by atoms with van der Waals surface area (Å²) in [4.78, 5) is 13.4. The molecule has 108 valence electrons. The van der Waals surface area contributed by atoms with E-state index in [4.69, 9.17) is 10.5 Å². The van der Waals surface area contributed by atoms with Crippen molar-refractivity contribution < 1.29 is 9.53 Å². The molecule has 0 bridgehead atoms. The van der Waals surface area contributed by atoms with Crippen LogP contribution in [-0.2, 0) is 4.74 Å². The molecule has 0 fully saturated rings. The number of carbonyl (C=O) groups is 1. The second kappa shape index (κ2) is 5.82. The van der Waals surface area contributed by atoms with Crippen molar-refractivity contribution >= 4 is 23.4 Å². The Morgan fingerprint density at radius 2 is 2.14 bits per heavy atom. The molecule has 1 aliphatic rings. The Hall–Kier alpha value is -1.94. The van der Waals surface area contributed by atoms with Gasteiger partial charge in [-0.25, -0.2) is 4.79 Å². The van der Waals surface area contributed by atoms with E-state index in [1.165, 1.54) is 10.5 Å². The standard InChI is InChI=1S/C17H17NO2S/c1-11-8-12(6-7-15(11)18)17(19)20-9-13-10-21-16-5-3-2-4-14(13)16/h2-8,13H,9-10,18H2,1H3. The smallest absolute Gasteiger partial charge is 0.338 e. The van der Waals surface area contributed by atoms with E-state index in [2.05, 4.69) is 12.1 Å². The van der Waals surface area contributed by atoms with Gasteiger partial charge in [0, 0.05) is 22.3 Å². The van der Waals surface area contributed by atoms with Crippen molar-refractivity contribution in [2.75, 3.05) is 18.1 Å². The number of rotatable bonds is 3. The van der Waals surface area contributed by atoms with Crippen molar-refractivity contribution in [3.8, 4) is 0 Å². The molecule has 0 aliphatic carbocycles. The summed E-state index contributed by atoms with van der Waals surface area (Å²) >= 11 is 1.82. The third-order valence-corrected chi connectivity index (χ3v) is 4.97. The average Bonchev–Trinajstić information content (AvgIpc) is 2.91. The average molecular weight is 299 g/mol. The third-order valence-electron chi connectivity index (χ3n) is 3.72. The Morgan fingerprint density at radius 1 is 1.33 bits per heavy atom. The van der Waals surface area contributed by atoms with Crippen LogP contribution in [0, 0.1) is 6.92 Å². The van der Waals surface area contributed by atoms with Crippen LogP contribution in [0.5, 0.6) is 0 Å². The van der Waals surface area contributed by atoms with Gasteiger partial charge in [0.05, 0.1) is 12.2 Å². The van der Waals surface area contributed by atoms with Crippen LogP contribution in [0.15, 0.2) is 47.4 Å². The summed E-state index contributed by atoms with van der Waals surface area (Å²) < 4.78 is 5.47. The van der Waals surface area contributed by atoms with Crippen molar-refractivity contribution in [3.63, 3.8) is 0 Å². The number of benzene rings is 2. The van der Waals surface area contributed by atoms with Gasteiger partial charge in [0.25, 0.3) is 0 Å². The fraction of sp³-hybridized carbons (Fsp3) is 0.235. The summed E-state index contributed by atoms with van der Waals surface area (Å²) in [7, 11) is 0. The molecule has 2 N–H and O–H groups in total. The minimum atomic E-state index is -0.285. The molecule has 3 rings (SSSR count). The first-order chi connectivity index (χ1) is 10.1. The molecule has 0 saturated heterocycles. The zero-order valence-electron chi connectivity index (χ0n) is 11.8. The van der Waals surface area contributed by atoms with Gasteiger partial charge in [-0.3, -0.25) is 0 Å². The number of aryl methyl sites for hydroxylation is 1. The van der Waals surface area contributed by atoms with E-state index in [0.717, 1.165) is 11.3 Å².